The van der Waals surface area contributed by atoms with Gasteiger partial charge in [0.2, 0.25) is 0 Å². The third kappa shape index (κ3) is 1.54. The number of hydrogen-bond donors (Lipinski definition) is 2. The minimum absolute atomic E-state index is 0.0366. The van der Waals surface area contributed by atoms with E-state index in [2.05, 4.69) is 17.1 Å². The van der Waals surface area contributed by atoms with Crippen molar-refractivity contribution in [1.29, 1.82) is 0 Å². The van der Waals surface area contributed by atoms with Crippen LogP contribution < -0.4 is 5.73 Å². The van der Waals surface area contributed by atoms with Crippen LogP contribution in [-0.2, 0) is 6.42 Å². The second-order valence-corrected chi connectivity index (χ2v) is 4.92. The van der Waals surface area contributed by atoms with Crippen LogP contribution >= 0.6 is 11.6 Å². The van der Waals surface area contributed by atoms with Crippen molar-refractivity contribution in [1.82, 2.24) is 4.98 Å². The Kier molecular flexibility index (Phi) is 1.85. The molecule has 0 unspecified atom stereocenters. The zero-order chi connectivity index (χ0) is 10.5. The van der Waals surface area contributed by atoms with E-state index >= 15 is 0 Å². The van der Waals surface area contributed by atoms with Crippen LogP contribution in [0.4, 0.5) is 0 Å². The summed E-state index contributed by atoms with van der Waals surface area (Å²) in [6.07, 6.45) is 5.03. The molecule has 0 radical (unpaired) electrons. The van der Waals surface area contributed by atoms with Gasteiger partial charge in [0.15, 0.2) is 0 Å². The molecule has 1 saturated carbocycles. The second kappa shape index (κ2) is 3.00. The third-order valence-electron chi connectivity index (χ3n) is 3.18. The average molecular weight is 221 g/mol. The smallest absolute Gasteiger partial charge is 0.0662 e. The zero-order valence-corrected chi connectivity index (χ0v) is 9.14. The molecule has 15 heavy (non-hydrogen) atoms. The normalized spacial score (nSPS) is 18.3. The van der Waals surface area contributed by atoms with Crippen molar-refractivity contribution in [2.24, 2.45) is 5.73 Å². The number of benzene rings is 1. The monoisotopic (exact) mass is 220 g/mol. The van der Waals surface area contributed by atoms with Crippen LogP contribution in [0.3, 0.4) is 0 Å². The van der Waals surface area contributed by atoms with Crippen LogP contribution in [0, 0.1) is 0 Å². The molecule has 0 spiro atoms. The average Bonchev–Trinajstić information content (AvgIpc) is 2.80. The molecular weight excluding hydrogens is 208 g/mol. The molecule has 0 bridgehead atoms. The molecule has 2 aromatic rings. The van der Waals surface area contributed by atoms with Gasteiger partial charge in [0, 0.05) is 22.6 Å². The molecule has 3 rings (SSSR count). The predicted molar refractivity (Wildman–Crippen MR) is 63.2 cm³/mol. The van der Waals surface area contributed by atoms with Crippen LogP contribution in [-0.4, -0.2) is 10.5 Å². The predicted octanol–water partition coefficient (Wildman–Crippen LogP) is 2.86. The van der Waals surface area contributed by atoms with Crippen molar-refractivity contribution < 1.29 is 0 Å². The molecule has 1 aromatic carbocycles. The maximum atomic E-state index is 6.15. The van der Waals surface area contributed by atoms with Crippen molar-refractivity contribution in [2.45, 2.75) is 24.8 Å². The maximum Gasteiger partial charge on any atom is 0.0662 e. The fourth-order valence-electron chi connectivity index (χ4n) is 2.08. The van der Waals surface area contributed by atoms with Crippen molar-refractivity contribution in [2.75, 3.05) is 0 Å². The number of halogens is 1. The zero-order valence-electron chi connectivity index (χ0n) is 8.39. The molecule has 0 atom stereocenters. The van der Waals surface area contributed by atoms with Crippen molar-refractivity contribution in [3.8, 4) is 0 Å². The fraction of sp³-hybridized carbons (Fsp3) is 0.333. The summed E-state index contributed by atoms with van der Waals surface area (Å²) in [6.45, 7) is 0. The Hall–Kier alpha value is -0.990. The third-order valence-corrected chi connectivity index (χ3v) is 3.48. The minimum Gasteiger partial charge on any atom is -0.360 e. The summed E-state index contributed by atoms with van der Waals surface area (Å²) < 4.78 is 0. The Bertz CT molecular complexity index is 511. The van der Waals surface area contributed by atoms with Crippen LogP contribution in [0.25, 0.3) is 10.9 Å². The summed E-state index contributed by atoms with van der Waals surface area (Å²) in [6, 6.07) is 6.21. The number of H-pyrrole nitrogens is 1. The summed E-state index contributed by atoms with van der Waals surface area (Å²) in [5, 5.41) is 1.93. The number of rotatable bonds is 2. The van der Waals surface area contributed by atoms with Gasteiger partial charge >= 0.3 is 0 Å². The minimum atomic E-state index is 0.0366. The van der Waals surface area contributed by atoms with Crippen LogP contribution in [0.2, 0.25) is 5.02 Å². The first-order valence-corrected chi connectivity index (χ1v) is 5.59. The Morgan fingerprint density at radius 3 is 2.93 bits per heavy atom. The Labute approximate surface area is 93.4 Å². The second-order valence-electron chi connectivity index (χ2n) is 4.52. The highest BCUT2D eigenvalue weighted by molar-refractivity contribution is 6.35. The lowest BCUT2D eigenvalue weighted by Gasteiger charge is -2.09. The first-order chi connectivity index (χ1) is 7.18. The molecule has 1 heterocycles. The van der Waals surface area contributed by atoms with Crippen molar-refractivity contribution >= 4 is 22.5 Å². The first kappa shape index (κ1) is 9.25. The summed E-state index contributed by atoms with van der Waals surface area (Å²) in [4.78, 5) is 3.16. The summed E-state index contributed by atoms with van der Waals surface area (Å²) >= 11 is 6.15. The lowest BCUT2D eigenvalue weighted by atomic mass is 10.0. The van der Waals surface area contributed by atoms with Gasteiger partial charge in [-0.05, 0) is 30.9 Å². The largest absolute Gasteiger partial charge is 0.360 e. The molecule has 1 fully saturated rings. The van der Waals surface area contributed by atoms with Crippen molar-refractivity contribution in [3.63, 3.8) is 0 Å². The molecule has 0 amide bonds. The highest BCUT2D eigenvalue weighted by Gasteiger charge is 2.38. The van der Waals surface area contributed by atoms with Gasteiger partial charge in [-0.15, -0.1) is 0 Å². The Balaban J connectivity index is 2.12. The van der Waals surface area contributed by atoms with E-state index < -0.39 is 0 Å². The highest BCUT2D eigenvalue weighted by Crippen LogP contribution is 2.38. The van der Waals surface area contributed by atoms with Gasteiger partial charge in [0.05, 0.1) is 5.02 Å². The number of fused-ring (bicyclic) bond motifs is 1. The Morgan fingerprint density at radius 1 is 1.40 bits per heavy atom. The Morgan fingerprint density at radius 2 is 2.20 bits per heavy atom. The quantitative estimate of drug-likeness (QED) is 0.803. The van der Waals surface area contributed by atoms with E-state index in [0.717, 1.165) is 35.2 Å². The topological polar surface area (TPSA) is 41.8 Å². The molecule has 2 nitrogen and oxygen atoms in total. The molecule has 3 heteroatoms. The van der Waals surface area contributed by atoms with Gasteiger partial charge in [-0.3, -0.25) is 0 Å². The lowest BCUT2D eigenvalue weighted by molar-refractivity contribution is 0.675. The van der Waals surface area contributed by atoms with Crippen LogP contribution in [0.1, 0.15) is 18.4 Å². The van der Waals surface area contributed by atoms with E-state index in [0.29, 0.717) is 0 Å². The number of nitrogens with one attached hydrogen (secondary N) is 1. The van der Waals surface area contributed by atoms with E-state index in [1.54, 1.807) is 0 Å². The molecule has 0 saturated heterocycles. The number of aromatic amines is 1. The number of hydrogen-bond acceptors (Lipinski definition) is 1. The van der Waals surface area contributed by atoms with E-state index in [1.165, 1.54) is 5.56 Å². The first-order valence-electron chi connectivity index (χ1n) is 5.21. The van der Waals surface area contributed by atoms with E-state index in [4.69, 9.17) is 17.3 Å². The summed E-state index contributed by atoms with van der Waals surface area (Å²) in [7, 11) is 0. The van der Waals surface area contributed by atoms with Gasteiger partial charge in [-0.1, -0.05) is 23.7 Å². The number of aromatic nitrogens is 1. The molecule has 0 aliphatic heterocycles. The molecule has 1 aliphatic rings. The van der Waals surface area contributed by atoms with Crippen molar-refractivity contribution in [3.05, 3.63) is 35.0 Å². The van der Waals surface area contributed by atoms with Gasteiger partial charge < -0.3 is 10.7 Å². The van der Waals surface area contributed by atoms with Gasteiger partial charge in [0.1, 0.15) is 0 Å². The lowest BCUT2D eigenvalue weighted by Crippen LogP contribution is -2.24. The highest BCUT2D eigenvalue weighted by atomic mass is 35.5. The summed E-state index contributed by atoms with van der Waals surface area (Å²) in [5.74, 6) is 0. The van der Waals surface area contributed by atoms with Gasteiger partial charge in [-0.2, -0.15) is 0 Å². The van der Waals surface area contributed by atoms with Crippen LogP contribution in [0.5, 0.6) is 0 Å². The van der Waals surface area contributed by atoms with E-state index in [1.807, 2.05) is 12.3 Å². The number of nitrogens with two attached hydrogens (primary N) is 1. The molecule has 3 N–H and O–H groups in total. The van der Waals surface area contributed by atoms with E-state index in [9.17, 15) is 0 Å². The SMILES string of the molecule is NC1(Cc2cccc3[nH]cc(Cl)c23)CC1. The molecule has 1 aromatic heterocycles. The summed E-state index contributed by atoms with van der Waals surface area (Å²) in [5.41, 5.74) is 8.53. The van der Waals surface area contributed by atoms with Gasteiger partial charge in [-0.25, -0.2) is 0 Å². The fourth-order valence-corrected chi connectivity index (χ4v) is 2.36. The van der Waals surface area contributed by atoms with E-state index in [-0.39, 0.29) is 5.54 Å². The van der Waals surface area contributed by atoms with Gasteiger partial charge in [0.25, 0.3) is 0 Å². The molecule has 78 valence electrons. The molecular formula is C12H13ClN2. The maximum absolute atomic E-state index is 6.15. The molecule has 1 aliphatic carbocycles. The standard InChI is InChI=1S/C12H13ClN2/c13-9-7-15-10-3-1-2-8(11(9)10)6-12(14)4-5-12/h1-3,7,15H,4-6,14H2. The van der Waals surface area contributed by atoms with Crippen LogP contribution in [0.15, 0.2) is 24.4 Å².